The molecule has 1 atom stereocenters. The molecule has 1 aromatic rings. The Balaban J connectivity index is 2.04. The normalized spacial score (nSPS) is 21.0. The van der Waals surface area contributed by atoms with Crippen LogP contribution in [0.3, 0.4) is 0 Å². The first kappa shape index (κ1) is 10.4. The van der Waals surface area contributed by atoms with Gasteiger partial charge in [0.25, 0.3) is 0 Å². The number of hydrogen-bond donors (Lipinski definition) is 1. The van der Waals surface area contributed by atoms with E-state index in [0.717, 1.165) is 18.4 Å². The predicted molar refractivity (Wildman–Crippen MR) is 60.3 cm³/mol. The molecule has 1 saturated carbocycles. The lowest BCUT2D eigenvalue weighted by Gasteiger charge is -2.25. The van der Waals surface area contributed by atoms with Crippen LogP contribution >= 0.6 is 0 Å². The van der Waals surface area contributed by atoms with Crippen LogP contribution in [-0.4, -0.2) is 17.9 Å². The number of carbonyl (C=O) groups is 1. The number of benzene rings is 1. The summed E-state index contributed by atoms with van der Waals surface area (Å²) in [5.74, 6) is 0.812. The number of aliphatic carboxylic acids is 1. The first-order valence-electron chi connectivity index (χ1n) is 5.76. The van der Waals surface area contributed by atoms with E-state index in [0.29, 0.717) is 11.5 Å². The highest BCUT2D eigenvalue weighted by Crippen LogP contribution is 2.49. The van der Waals surface area contributed by atoms with Crippen LogP contribution in [0.5, 0.6) is 11.5 Å². The Kier molecular flexibility index (Phi) is 2.08. The van der Waals surface area contributed by atoms with Crippen LogP contribution in [0.15, 0.2) is 18.2 Å². The summed E-state index contributed by atoms with van der Waals surface area (Å²) in [6.45, 7) is 2.01. The molecule has 3 rings (SSSR count). The highest BCUT2D eigenvalue weighted by atomic mass is 16.7. The van der Waals surface area contributed by atoms with Gasteiger partial charge in [0.05, 0.1) is 5.41 Å². The molecular formula is C13H14O4. The van der Waals surface area contributed by atoms with E-state index in [1.165, 1.54) is 0 Å². The second kappa shape index (κ2) is 3.39. The molecule has 4 heteroatoms. The van der Waals surface area contributed by atoms with Crippen molar-refractivity contribution in [1.29, 1.82) is 0 Å². The molecule has 90 valence electrons. The average Bonchev–Trinajstić information content (AvgIpc) is 3.06. The third-order valence-electron chi connectivity index (χ3n) is 3.81. The van der Waals surface area contributed by atoms with Crippen LogP contribution < -0.4 is 9.47 Å². The van der Waals surface area contributed by atoms with Crippen LogP contribution in [0.1, 0.15) is 25.3 Å². The van der Waals surface area contributed by atoms with Gasteiger partial charge >= 0.3 is 5.97 Å². The summed E-state index contributed by atoms with van der Waals surface area (Å²) in [5, 5.41) is 9.47. The first-order valence-corrected chi connectivity index (χ1v) is 5.76. The molecule has 1 N–H and O–H groups in total. The SMILES string of the molecule is CC(C(=O)O)(c1ccc2c(c1)OCO2)C1CC1. The Morgan fingerprint density at radius 2 is 2.06 bits per heavy atom. The molecule has 4 nitrogen and oxygen atoms in total. The quantitative estimate of drug-likeness (QED) is 0.870. The smallest absolute Gasteiger partial charge is 0.314 e. The number of fused-ring (bicyclic) bond motifs is 1. The maximum atomic E-state index is 11.5. The maximum absolute atomic E-state index is 11.5. The zero-order valence-electron chi connectivity index (χ0n) is 9.60. The van der Waals surface area contributed by atoms with Crippen LogP contribution in [0.4, 0.5) is 0 Å². The van der Waals surface area contributed by atoms with Gasteiger partial charge in [-0.25, -0.2) is 0 Å². The summed E-state index contributed by atoms with van der Waals surface area (Å²) in [6.07, 6.45) is 1.97. The van der Waals surface area contributed by atoms with Gasteiger partial charge in [0.15, 0.2) is 11.5 Å². The molecule has 1 unspecified atom stereocenters. The van der Waals surface area contributed by atoms with E-state index < -0.39 is 11.4 Å². The van der Waals surface area contributed by atoms with Crippen LogP contribution in [-0.2, 0) is 10.2 Å². The molecular weight excluding hydrogens is 220 g/mol. The topological polar surface area (TPSA) is 55.8 Å². The average molecular weight is 234 g/mol. The van der Waals surface area contributed by atoms with Gasteiger partial charge in [0.2, 0.25) is 6.79 Å². The predicted octanol–water partition coefficient (Wildman–Crippen LogP) is 2.17. The third kappa shape index (κ3) is 1.47. The van der Waals surface area contributed by atoms with Crippen molar-refractivity contribution in [2.24, 2.45) is 5.92 Å². The lowest BCUT2D eigenvalue weighted by Crippen LogP contribution is -2.34. The minimum atomic E-state index is -0.805. The minimum Gasteiger partial charge on any atom is -0.481 e. The van der Waals surface area contributed by atoms with Gasteiger partial charge in [0.1, 0.15) is 0 Å². The molecule has 0 spiro atoms. The minimum absolute atomic E-state index is 0.214. The molecule has 0 amide bonds. The number of ether oxygens (including phenoxy) is 2. The van der Waals surface area contributed by atoms with Crippen molar-refractivity contribution in [3.8, 4) is 11.5 Å². The first-order chi connectivity index (χ1) is 8.12. The Labute approximate surface area is 99.2 Å². The Morgan fingerprint density at radius 3 is 2.71 bits per heavy atom. The fourth-order valence-electron chi connectivity index (χ4n) is 2.41. The van der Waals surface area contributed by atoms with Gasteiger partial charge in [0, 0.05) is 0 Å². The molecule has 0 radical (unpaired) electrons. The van der Waals surface area contributed by atoms with Gasteiger partial charge in [-0.1, -0.05) is 6.07 Å². The van der Waals surface area contributed by atoms with Gasteiger partial charge in [-0.2, -0.15) is 0 Å². The maximum Gasteiger partial charge on any atom is 0.314 e. The van der Waals surface area contributed by atoms with E-state index in [1.54, 1.807) is 19.1 Å². The molecule has 1 fully saturated rings. The highest BCUT2D eigenvalue weighted by molar-refractivity contribution is 5.82. The van der Waals surface area contributed by atoms with E-state index >= 15 is 0 Å². The Hall–Kier alpha value is -1.71. The van der Waals surface area contributed by atoms with Crippen molar-refractivity contribution in [2.75, 3.05) is 6.79 Å². The molecule has 1 aliphatic carbocycles. The lowest BCUT2D eigenvalue weighted by atomic mass is 9.78. The number of rotatable bonds is 3. The van der Waals surface area contributed by atoms with Crippen LogP contribution in [0.25, 0.3) is 0 Å². The number of carboxylic acid groups (broad SMARTS) is 1. The van der Waals surface area contributed by atoms with Crippen LogP contribution in [0, 0.1) is 5.92 Å². The summed E-state index contributed by atoms with van der Waals surface area (Å²) in [6, 6.07) is 5.43. The van der Waals surface area contributed by atoms with E-state index in [2.05, 4.69) is 0 Å². The highest BCUT2D eigenvalue weighted by Gasteiger charge is 2.49. The van der Waals surface area contributed by atoms with Crippen molar-refractivity contribution in [1.82, 2.24) is 0 Å². The van der Waals surface area contributed by atoms with Crippen molar-refractivity contribution in [2.45, 2.75) is 25.2 Å². The van der Waals surface area contributed by atoms with Gasteiger partial charge in [-0.15, -0.1) is 0 Å². The number of hydrogen-bond acceptors (Lipinski definition) is 3. The molecule has 1 aromatic carbocycles. The molecule has 1 heterocycles. The fraction of sp³-hybridized carbons (Fsp3) is 0.462. The van der Waals surface area contributed by atoms with Crippen molar-refractivity contribution >= 4 is 5.97 Å². The summed E-state index contributed by atoms with van der Waals surface area (Å²) >= 11 is 0. The monoisotopic (exact) mass is 234 g/mol. The zero-order chi connectivity index (χ0) is 12.0. The lowest BCUT2D eigenvalue weighted by molar-refractivity contribution is -0.144. The summed E-state index contributed by atoms with van der Waals surface area (Å²) in [4.78, 5) is 11.5. The zero-order valence-corrected chi connectivity index (χ0v) is 9.60. The molecule has 0 saturated heterocycles. The fourth-order valence-corrected chi connectivity index (χ4v) is 2.41. The van der Waals surface area contributed by atoms with E-state index in [-0.39, 0.29) is 12.7 Å². The summed E-state index contributed by atoms with van der Waals surface area (Å²) in [5.41, 5.74) is -0.00204. The largest absolute Gasteiger partial charge is 0.481 e. The van der Waals surface area contributed by atoms with Crippen molar-refractivity contribution < 1.29 is 19.4 Å². The van der Waals surface area contributed by atoms with Crippen molar-refractivity contribution in [3.63, 3.8) is 0 Å². The standard InChI is InChI=1S/C13H14O4/c1-13(12(14)15,8-2-3-8)9-4-5-10-11(6-9)17-7-16-10/h4-6,8H,2-3,7H2,1H3,(H,14,15). The molecule has 17 heavy (non-hydrogen) atoms. The third-order valence-corrected chi connectivity index (χ3v) is 3.81. The molecule has 1 aliphatic heterocycles. The van der Waals surface area contributed by atoms with E-state index in [9.17, 15) is 9.90 Å². The van der Waals surface area contributed by atoms with Gasteiger partial charge in [-0.3, -0.25) is 4.79 Å². The number of carboxylic acids is 1. The van der Waals surface area contributed by atoms with Gasteiger partial charge < -0.3 is 14.6 Å². The summed E-state index contributed by atoms with van der Waals surface area (Å²) in [7, 11) is 0. The van der Waals surface area contributed by atoms with E-state index in [1.807, 2.05) is 6.07 Å². The molecule has 0 bridgehead atoms. The van der Waals surface area contributed by atoms with Crippen LogP contribution in [0.2, 0.25) is 0 Å². The second-order valence-electron chi connectivity index (χ2n) is 4.85. The van der Waals surface area contributed by atoms with Gasteiger partial charge in [-0.05, 0) is 43.4 Å². The molecule has 2 aliphatic rings. The second-order valence-corrected chi connectivity index (χ2v) is 4.85. The van der Waals surface area contributed by atoms with E-state index in [4.69, 9.17) is 9.47 Å². The summed E-state index contributed by atoms with van der Waals surface area (Å²) < 4.78 is 10.5. The molecule has 0 aromatic heterocycles. The Morgan fingerprint density at radius 1 is 1.35 bits per heavy atom. The Bertz CT molecular complexity index is 478. The van der Waals surface area contributed by atoms with Crippen molar-refractivity contribution in [3.05, 3.63) is 23.8 Å².